The largest absolute Gasteiger partial charge is 0.481 e. The maximum absolute atomic E-state index is 14.3. The highest BCUT2D eigenvalue weighted by molar-refractivity contribution is 5.85. The topological polar surface area (TPSA) is 105 Å². The van der Waals surface area contributed by atoms with Crippen LogP contribution >= 0.6 is 0 Å². The molecule has 7 nitrogen and oxygen atoms in total. The summed E-state index contributed by atoms with van der Waals surface area (Å²) in [4.78, 5) is 36.0. The average molecular weight is 484 g/mol. The van der Waals surface area contributed by atoms with E-state index in [0.29, 0.717) is 19.3 Å². The summed E-state index contributed by atoms with van der Waals surface area (Å²) in [7, 11) is 0. The van der Waals surface area contributed by atoms with Gasteiger partial charge >= 0.3 is 12.1 Å². The first-order chi connectivity index (χ1) is 16.8. The van der Waals surface area contributed by atoms with Crippen LogP contribution in [0.4, 0.5) is 13.6 Å². The zero-order chi connectivity index (χ0) is 24.7. The SMILES string of the molecule is O=C(NCC1C(C(=O)N[C@H]2CCC[C@H]2C(=O)O)C1(F)F)OCC1c2ccccc2-c2ccccc21. The van der Waals surface area contributed by atoms with Crippen molar-refractivity contribution in [2.45, 2.75) is 37.1 Å². The molecular weight excluding hydrogens is 458 g/mol. The fourth-order valence-electron chi connectivity index (χ4n) is 5.55. The Bertz CT molecular complexity index is 1120. The summed E-state index contributed by atoms with van der Waals surface area (Å²) in [6.45, 7) is -0.349. The van der Waals surface area contributed by atoms with E-state index in [4.69, 9.17) is 4.74 Å². The van der Waals surface area contributed by atoms with E-state index < -0.39 is 54.2 Å². The van der Waals surface area contributed by atoms with Crippen molar-refractivity contribution in [2.24, 2.45) is 17.8 Å². The molecule has 2 saturated carbocycles. The molecule has 0 heterocycles. The zero-order valence-electron chi connectivity index (χ0n) is 18.9. The first kappa shape index (κ1) is 23.3. The number of carbonyl (C=O) groups is 3. The number of carboxylic acid groups (broad SMARTS) is 1. The number of fused-ring (bicyclic) bond motifs is 3. The van der Waals surface area contributed by atoms with Crippen molar-refractivity contribution in [3.05, 3.63) is 59.7 Å². The van der Waals surface area contributed by atoms with E-state index in [1.165, 1.54) is 0 Å². The molecule has 5 rings (SSSR count). The number of aliphatic carboxylic acids is 1. The second-order valence-corrected chi connectivity index (χ2v) is 9.46. The Hall–Kier alpha value is -3.49. The molecule has 3 aliphatic rings. The fourth-order valence-corrected chi connectivity index (χ4v) is 5.55. The first-order valence-corrected chi connectivity index (χ1v) is 11.8. The van der Waals surface area contributed by atoms with Gasteiger partial charge in [-0.1, -0.05) is 55.0 Å². The minimum absolute atomic E-state index is 0.0586. The van der Waals surface area contributed by atoms with Crippen molar-refractivity contribution in [1.82, 2.24) is 10.6 Å². The van der Waals surface area contributed by atoms with Crippen molar-refractivity contribution in [2.75, 3.05) is 13.2 Å². The molecule has 3 aliphatic carbocycles. The van der Waals surface area contributed by atoms with Gasteiger partial charge in [-0.15, -0.1) is 0 Å². The standard InChI is InChI=1S/C26H26F2N2O5/c27-26(28)20(22(26)23(31)30-21-11-5-10-18(21)24(32)33)12-29-25(34)35-13-19-16-8-3-1-6-14(16)15-7-2-4-9-17(15)19/h1-4,6-9,18-22H,5,10-13H2,(H,29,34)(H,30,31)(H,32,33)/t18-,20?,21+,22?/m1/s1. The van der Waals surface area contributed by atoms with Gasteiger partial charge in [-0.05, 0) is 35.1 Å². The summed E-state index contributed by atoms with van der Waals surface area (Å²) in [5.41, 5.74) is 4.24. The van der Waals surface area contributed by atoms with Gasteiger partial charge in [0.2, 0.25) is 5.91 Å². The number of alkyl halides is 2. The predicted octanol–water partition coefficient (Wildman–Crippen LogP) is 3.78. The number of alkyl carbamates (subject to hydrolysis) is 1. The molecule has 2 unspecified atom stereocenters. The van der Waals surface area contributed by atoms with Crippen LogP contribution in [0.3, 0.4) is 0 Å². The van der Waals surface area contributed by atoms with Gasteiger partial charge in [-0.25, -0.2) is 13.6 Å². The average Bonchev–Trinajstić information content (AvgIpc) is 3.13. The Morgan fingerprint density at radius 3 is 2.26 bits per heavy atom. The van der Waals surface area contributed by atoms with Gasteiger partial charge in [0.05, 0.1) is 11.8 Å². The lowest BCUT2D eigenvalue weighted by Crippen LogP contribution is -2.41. The lowest BCUT2D eigenvalue weighted by molar-refractivity contribution is -0.142. The summed E-state index contributed by atoms with van der Waals surface area (Å²) in [6, 6.07) is 15.1. The molecule has 2 fully saturated rings. The minimum Gasteiger partial charge on any atom is -0.481 e. The number of nitrogens with one attached hydrogen (secondary N) is 2. The van der Waals surface area contributed by atoms with Gasteiger partial charge in [-0.3, -0.25) is 9.59 Å². The summed E-state index contributed by atoms with van der Waals surface area (Å²) in [5, 5.41) is 14.1. The van der Waals surface area contributed by atoms with E-state index in [2.05, 4.69) is 10.6 Å². The number of carbonyl (C=O) groups excluding carboxylic acids is 2. The second kappa shape index (κ2) is 8.94. The van der Waals surface area contributed by atoms with Crippen LogP contribution < -0.4 is 10.6 Å². The van der Waals surface area contributed by atoms with Gasteiger partial charge in [0, 0.05) is 18.5 Å². The number of hydrogen-bond acceptors (Lipinski definition) is 4. The van der Waals surface area contributed by atoms with Gasteiger partial charge < -0.3 is 20.5 Å². The van der Waals surface area contributed by atoms with Crippen molar-refractivity contribution < 1.29 is 33.0 Å². The number of hydrogen-bond donors (Lipinski definition) is 3. The van der Waals surface area contributed by atoms with E-state index in [9.17, 15) is 28.3 Å². The van der Waals surface area contributed by atoms with Crippen LogP contribution in [0.2, 0.25) is 0 Å². The Balaban J connectivity index is 1.14. The second-order valence-electron chi connectivity index (χ2n) is 9.46. The first-order valence-electron chi connectivity index (χ1n) is 11.8. The molecule has 2 aromatic rings. The molecular formula is C26H26F2N2O5. The van der Waals surface area contributed by atoms with E-state index in [0.717, 1.165) is 22.3 Å². The summed E-state index contributed by atoms with van der Waals surface area (Å²) in [5.74, 6) is -9.03. The molecule has 184 valence electrons. The van der Waals surface area contributed by atoms with E-state index in [1.54, 1.807) is 0 Å². The summed E-state index contributed by atoms with van der Waals surface area (Å²) >= 11 is 0. The van der Waals surface area contributed by atoms with Crippen LogP contribution in [0.5, 0.6) is 0 Å². The van der Waals surface area contributed by atoms with Crippen molar-refractivity contribution >= 4 is 18.0 Å². The minimum atomic E-state index is -3.27. The maximum atomic E-state index is 14.3. The van der Waals surface area contributed by atoms with Crippen LogP contribution in [0, 0.1) is 17.8 Å². The molecule has 9 heteroatoms. The van der Waals surface area contributed by atoms with Crippen LogP contribution in [0.1, 0.15) is 36.3 Å². The number of halogens is 2. The zero-order valence-corrected chi connectivity index (χ0v) is 18.9. The van der Waals surface area contributed by atoms with Crippen molar-refractivity contribution in [3.8, 4) is 11.1 Å². The molecule has 0 aliphatic heterocycles. The third-order valence-electron chi connectivity index (χ3n) is 7.46. The molecule has 0 saturated heterocycles. The van der Waals surface area contributed by atoms with Gasteiger partial charge in [0.1, 0.15) is 12.5 Å². The third-order valence-corrected chi connectivity index (χ3v) is 7.46. The van der Waals surface area contributed by atoms with E-state index in [1.807, 2.05) is 48.5 Å². The molecule has 0 spiro atoms. The van der Waals surface area contributed by atoms with Crippen LogP contribution in [0.15, 0.2) is 48.5 Å². The smallest absolute Gasteiger partial charge is 0.407 e. The van der Waals surface area contributed by atoms with Gasteiger partial charge in [0.25, 0.3) is 5.92 Å². The Labute approximate surface area is 200 Å². The monoisotopic (exact) mass is 484 g/mol. The number of rotatable bonds is 7. The number of benzene rings is 2. The highest BCUT2D eigenvalue weighted by atomic mass is 19.3. The lowest BCUT2D eigenvalue weighted by Gasteiger charge is -2.17. The third kappa shape index (κ3) is 4.24. The van der Waals surface area contributed by atoms with E-state index >= 15 is 0 Å². The number of carboxylic acids is 1. The van der Waals surface area contributed by atoms with Crippen molar-refractivity contribution in [3.63, 3.8) is 0 Å². The van der Waals surface area contributed by atoms with Crippen LogP contribution in [-0.2, 0) is 14.3 Å². The highest BCUT2D eigenvalue weighted by Gasteiger charge is 2.71. The quantitative estimate of drug-likeness (QED) is 0.555. The molecule has 0 radical (unpaired) electrons. The Morgan fingerprint density at radius 1 is 1.00 bits per heavy atom. The van der Waals surface area contributed by atoms with Crippen LogP contribution in [-0.4, -0.2) is 48.2 Å². The predicted molar refractivity (Wildman–Crippen MR) is 122 cm³/mol. The fraction of sp³-hybridized carbons (Fsp3) is 0.423. The molecule has 2 aromatic carbocycles. The molecule has 4 atom stereocenters. The summed E-state index contributed by atoms with van der Waals surface area (Å²) in [6.07, 6.45) is 0.656. The molecule has 35 heavy (non-hydrogen) atoms. The Morgan fingerprint density at radius 2 is 1.63 bits per heavy atom. The lowest BCUT2D eigenvalue weighted by atomic mass is 9.98. The maximum Gasteiger partial charge on any atom is 0.407 e. The summed E-state index contributed by atoms with van der Waals surface area (Å²) < 4.78 is 33.9. The van der Waals surface area contributed by atoms with Gasteiger partial charge in [0.15, 0.2) is 0 Å². The molecule has 3 N–H and O–H groups in total. The molecule has 2 amide bonds. The normalized spacial score (nSPS) is 25.9. The van der Waals surface area contributed by atoms with Crippen LogP contribution in [0.25, 0.3) is 11.1 Å². The van der Waals surface area contributed by atoms with Gasteiger partial charge in [-0.2, -0.15) is 0 Å². The highest BCUT2D eigenvalue weighted by Crippen LogP contribution is 2.55. The Kier molecular flexibility index (Phi) is 5.94. The molecule has 0 aromatic heterocycles. The van der Waals surface area contributed by atoms with Crippen molar-refractivity contribution in [1.29, 1.82) is 0 Å². The number of amides is 2. The molecule has 0 bridgehead atoms. The van der Waals surface area contributed by atoms with E-state index in [-0.39, 0.29) is 12.5 Å². The number of ether oxygens (including phenoxy) is 1.